The number of nitrogens with zero attached hydrogens (tertiary/aromatic N) is 1. The maximum Gasteiger partial charge on any atom is 0.417 e. The van der Waals surface area contributed by atoms with Crippen LogP contribution < -0.4 is 0 Å². The highest BCUT2D eigenvalue weighted by atomic mass is 32.1. The summed E-state index contributed by atoms with van der Waals surface area (Å²) in [5.74, 6) is -9.29. The lowest BCUT2D eigenvalue weighted by atomic mass is 9.88. The van der Waals surface area contributed by atoms with E-state index in [1.54, 1.807) is 36.4 Å². The van der Waals surface area contributed by atoms with E-state index in [0.29, 0.717) is 4.90 Å². The number of carbonyl (C=O) groups excluding carboxylic acids is 8. The fourth-order valence-corrected chi connectivity index (χ4v) is 7.30. The van der Waals surface area contributed by atoms with E-state index in [4.69, 9.17) is 47.4 Å². The van der Waals surface area contributed by atoms with Gasteiger partial charge >= 0.3 is 41.9 Å². The summed E-state index contributed by atoms with van der Waals surface area (Å²) < 4.78 is 56.2. The number of imide groups is 1. The summed E-state index contributed by atoms with van der Waals surface area (Å²) in [5.41, 5.74) is -1.19. The molecule has 3 fully saturated rings. The zero-order chi connectivity index (χ0) is 43.9. The van der Waals surface area contributed by atoms with Crippen LogP contribution in [0.15, 0.2) is 60.7 Å². The van der Waals surface area contributed by atoms with Gasteiger partial charge in [-0.15, -0.1) is 12.6 Å². The number of hydrogen-bond donors (Lipinski definition) is 2. The number of fused-ring (bicyclic) bond motifs is 1. The molecule has 2 aromatic rings. The van der Waals surface area contributed by atoms with Gasteiger partial charge in [-0.05, 0) is 24.3 Å². The lowest BCUT2D eigenvalue weighted by Gasteiger charge is -2.47. The van der Waals surface area contributed by atoms with Gasteiger partial charge in [-0.25, -0.2) is 24.1 Å². The first-order valence-corrected chi connectivity index (χ1v) is 18.9. The van der Waals surface area contributed by atoms with Gasteiger partial charge in [-0.3, -0.25) is 19.2 Å². The third-order valence-electron chi connectivity index (χ3n) is 9.48. The average Bonchev–Trinajstić information content (AvgIpc) is 3.55. The summed E-state index contributed by atoms with van der Waals surface area (Å²) in [5, 5.41) is 11.8. The molecule has 20 nitrogen and oxygen atoms in total. The monoisotopic (exact) mass is 861 g/mol. The lowest BCUT2D eigenvalue weighted by molar-refractivity contribution is -0.322. The van der Waals surface area contributed by atoms with Crippen molar-refractivity contribution in [1.29, 1.82) is 0 Å². The van der Waals surface area contributed by atoms with Crippen molar-refractivity contribution in [3.63, 3.8) is 0 Å². The van der Waals surface area contributed by atoms with Gasteiger partial charge in [0.05, 0.1) is 31.3 Å². The zero-order valence-corrected chi connectivity index (χ0v) is 33.8. The minimum absolute atomic E-state index is 0.0856. The van der Waals surface area contributed by atoms with E-state index >= 15 is 0 Å². The third-order valence-corrected chi connectivity index (χ3v) is 9.90. The van der Waals surface area contributed by atoms with Gasteiger partial charge in [0.15, 0.2) is 24.4 Å². The maximum absolute atomic E-state index is 13.8. The van der Waals surface area contributed by atoms with E-state index in [1.807, 2.05) is 0 Å². The van der Waals surface area contributed by atoms with Crippen LogP contribution >= 0.6 is 12.6 Å². The molecule has 2 amide bonds. The summed E-state index contributed by atoms with van der Waals surface area (Å²) in [6.45, 7) is 2.53. The Morgan fingerprint density at radius 3 is 1.93 bits per heavy atom. The van der Waals surface area contributed by atoms with Gasteiger partial charge in [0, 0.05) is 27.7 Å². The molecular weight excluding hydrogens is 818 g/mol. The van der Waals surface area contributed by atoms with Crippen LogP contribution in [0.5, 0.6) is 0 Å². The molecule has 2 aromatic carbocycles. The van der Waals surface area contributed by atoms with Crippen LogP contribution in [0.3, 0.4) is 0 Å². The number of hydrogen-bond acceptors (Lipinski definition) is 20. The normalized spacial score (nSPS) is 28.1. The van der Waals surface area contributed by atoms with Gasteiger partial charge in [-0.1, -0.05) is 36.4 Å². The molecule has 324 valence electrons. The minimum Gasteiger partial charge on any atom is -0.465 e. The van der Waals surface area contributed by atoms with Crippen LogP contribution in [-0.4, -0.2) is 144 Å². The molecule has 3 aliphatic rings. The van der Waals surface area contributed by atoms with Crippen molar-refractivity contribution < 1.29 is 90.8 Å². The molecule has 3 heterocycles. The molecule has 21 heteroatoms. The van der Waals surface area contributed by atoms with Crippen molar-refractivity contribution in [1.82, 2.24) is 4.90 Å². The molecule has 5 rings (SSSR count). The summed E-state index contributed by atoms with van der Waals surface area (Å²) in [6.07, 6.45) is -15.2. The molecule has 0 radical (unpaired) electrons. The van der Waals surface area contributed by atoms with E-state index < -0.39 is 134 Å². The van der Waals surface area contributed by atoms with E-state index in [9.17, 15) is 43.5 Å². The number of benzene rings is 2. The SMILES string of the molecule is COC(=O)[C@@]1(OCC2O[C@@H](S)[C@@H](OC(=O)c3ccccc3)C(OC(=O)c3ccccc3)[C@H]2O)C[C@H]2OC(=O)N(C(C)=O)[C@H]2C([C@H](OC(C)=O)[C@@H](COC(C)=O)OC(C)=O)O1. The molecule has 1 N–H and O–H groups in total. The van der Waals surface area contributed by atoms with Gasteiger partial charge in [0.25, 0.3) is 5.79 Å². The predicted octanol–water partition coefficient (Wildman–Crippen LogP) is 1.29. The number of methoxy groups -OCH3 is 1. The molecular formula is C39H43NO19S. The number of thiol groups is 1. The summed E-state index contributed by atoms with van der Waals surface area (Å²) in [6, 6.07) is 14.0. The second-order valence-corrected chi connectivity index (χ2v) is 14.2. The lowest BCUT2D eigenvalue weighted by Crippen LogP contribution is -2.67. The van der Waals surface area contributed by atoms with E-state index in [1.165, 1.54) is 24.3 Å². The van der Waals surface area contributed by atoms with Crippen molar-refractivity contribution >= 4 is 60.4 Å². The Morgan fingerprint density at radius 1 is 0.850 bits per heavy atom. The van der Waals surface area contributed by atoms with Gasteiger partial charge < -0.3 is 52.5 Å². The molecule has 60 heavy (non-hydrogen) atoms. The molecule has 3 saturated heterocycles. The Kier molecular flexibility index (Phi) is 14.9. The summed E-state index contributed by atoms with van der Waals surface area (Å²) in [4.78, 5) is 104. The number of ether oxygens (including phenoxy) is 10. The van der Waals surface area contributed by atoms with Crippen molar-refractivity contribution in [3.8, 4) is 0 Å². The molecule has 0 aromatic heterocycles. The highest BCUT2D eigenvalue weighted by Gasteiger charge is 2.64. The molecule has 3 unspecified atom stereocenters. The van der Waals surface area contributed by atoms with E-state index in [2.05, 4.69) is 12.6 Å². The fourth-order valence-electron chi connectivity index (χ4n) is 6.91. The van der Waals surface area contributed by atoms with Gasteiger partial charge in [0.1, 0.15) is 42.5 Å². The van der Waals surface area contributed by atoms with Crippen LogP contribution in [0, 0.1) is 0 Å². The molecule has 11 atom stereocenters. The molecule has 0 aliphatic carbocycles. The topological polar surface area (TPSA) is 252 Å². The number of carbonyl (C=O) groups is 8. The Hall–Kier alpha value is -5.61. The molecule has 0 bridgehead atoms. The van der Waals surface area contributed by atoms with Crippen molar-refractivity contribution in [3.05, 3.63) is 71.8 Å². The van der Waals surface area contributed by atoms with Crippen molar-refractivity contribution in [2.24, 2.45) is 0 Å². The average molecular weight is 862 g/mol. The van der Waals surface area contributed by atoms with Crippen LogP contribution in [0.4, 0.5) is 4.79 Å². The molecule has 0 saturated carbocycles. The number of esters is 6. The van der Waals surface area contributed by atoms with Crippen LogP contribution in [-0.2, 0) is 71.3 Å². The maximum atomic E-state index is 13.8. The first kappa shape index (κ1) is 45.5. The minimum atomic E-state index is -2.64. The van der Waals surface area contributed by atoms with Crippen LogP contribution in [0.2, 0.25) is 0 Å². The zero-order valence-electron chi connectivity index (χ0n) is 32.9. The van der Waals surface area contributed by atoms with Crippen molar-refractivity contribution in [2.75, 3.05) is 20.3 Å². The molecule has 0 spiro atoms. The fraction of sp³-hybridized carbons (Fsp3) is 0.487. The largest absolute Gasteiger partial charge is 0.465 e. The second kappa shape index (κ2) is 19.6. The first-order valence-electron chi connectivity index (χ1n) is 18.4. The Balaban J connectivity index is 1.51. The first-order chi connectivity index (χ1) is 28.5. The second-order valence-electron chi connectivity index (χ2n) is 13.7. The van der Waals surface area contributed by atoms with E-state index in [0.717, 1.165) is 34.8 Å². The van der Waals surface area contributed by atoms with E-state index in [-0.39, 0.29) is 11.1 Å². The standard InChI is InChI=1S/C39H43NO19S/c1-19(41)40-28-25(56-38(40)49)16-39(37(48)50-5,59-31(28)30(54-22(4)44)27(53-21(3)43)17-51-20(2)42)52-18-26-29(45)32(57-34(46)23-12-8-6-9-13-23)33(36(60)55-26)58-35(47)24-14-10-7-11-15-24/h6-15,25-33,36,45,60H,16-18H2,1-5H3/t25-,26?,27-,28-,29+,30-,31?,32?,33+,36+,39-/m1/s1. The van der Waals surface area contributed by atoms with Gasteiger partial charge in [-0.2, -0.15) is 0 Å². The van der Waals surface area contributed by atoms with Crippen molar-refractivity contribution in [2.45, 2.75) is 100 Å². The Morgan fingerprint density at radius 2 is 1.42 bits per heavy atom. The Labute approximate surface area is 347 Å². The number of amides is 2. The highest BCUT2D eigenvalue weighted by Crippen LogP contribution is 2.42. The number of aliphatic hydroxyl groups is 1. The highest BCUT2D eigenvalue weighted by molar-refractivity contribution is 7.80. The van der Waals surface area contributed by atoms with Crippen LogP contribution in [0.1, 0.15) is 54.8 Å². The number of aliphatic hydroxyl groups excluding tert-OH is 1. The summed E-state index contributed by atoms with van der Waals surface area (Å²) in [7, 11) is 0.965. The predicted molar refractivity (Wildman–Crippen MR) is 199 cm³/mol. The molecule has 3 aliphatic heterocycles. The third kappa shape index (κ3) is 10.4. The quantitative estimate of drug-likeness (QED) is 0.154. The summed E-state index contributed by atoms with van der Waals surface area (Å²) >= 11 is 4.46. The number of rotatable bonds is 14. The van der Waals surface area contributed by atoms with Crippen LogP contribution in [0.25, 0.3) is 0 Å². The Bertz CT molecular complexity index is 1930. The smallest absolute Gasteiger partial charge is 0.417 e. The van der Waals surface area contributed by atoms with Gasteiger partial charge in [0.2, 0.25) is 5.91 Å².